The SMILES string of the molecule is F[B-](F)(F)c1cccc(N2CCOCC2)c1.[K+]. The maximum absolute atomic E-state index is 12.6. The van der Waals surface area contributed by atoms with Gasteiger partial charge in [0.1, 0.15) is 0 Å². The Kier molecular flexibility index (Phi) is 6.01. The maximum atomic E-state index is 12.6. The normalized spacial score (nSPS) is 16.5. The Morgan fingerprint density at radius 3 is 2.35 bits per heavy atom. The second-order valence-corrected chi connectivity index (χ2v) is 3.77. The summed E-state index contributed by atoms with van der Waals surface area (Å²) in [6.07, 6.45) is 0. The van der Waals surface area contributed by atoms with E-state index in [1.54, 1.807) is 6.07 Å². The van der Waals surface area contributed by atoms with Crippen molar-refractivity contribution in [2.75, 3.05) is 31.2 Å². The summed E-state index contributed by atoms with van der Waals surface area (Å²) >= 11 is 0. The largest absolute Gasteiger partial charge is 1.00 e. The van der Waals surface area contributed by atoms with Crippen LogP contribution in [0.25, 0.3) is 0 Å². The summed E-state index contributed by atoms with van der Waals surface area (Å²) in [5.41, 5.74) is 0.0870. The predicted octanol–water partition coefficient (Wildman–Crippen LogP) is -1.42. The number of nitrogens with zero attached hydrogens (tertiary/aromatic N) is 1. The molecule has 1 aromatic rings. The van der Waals surface area contributed by atoms with Gasteiger partial charge in [0.2, 0.25) is 0 Å². The molecular formula is C10H12BF3KNO. The van der Waals surface area contributed by atoms with E-state index in [9.17, 15) is 12.9 Å². The van der Waals surface area contributed by atoms with Crippen LogP contribution < -0.4 is 61.7 Å². The zero-order valence-electron chi connectivity index (χ0n) is 9.70. The van der Waals surface area contributed by atoms with Gasteiger partial charge in [-0.3, -0.25) is 0 Å². The number of ether oxygens (including phenoxy) is 1. The molecule has 0 amide bonds. The van der Waals surface area contributed by atoms with Crippen LogP contribution >= 0.6 is 0 Å². The predicted molar refractivity (Wildman–Crippen MR) is 58.2 cm³/mol. The number of hydrogen-bond donors (Lipinski definition) is 0. The summed E-state index contributed by atoms with van der Waals surface area (Å²) in [5.74, 6) is 0. The third-order valence-electron chi connectivity index (χ3n) is 2.62. The Bertz CT molecular complexity index is 369. The Morgan fingerprint density at radius 2 is 1.76 bits per heavy atom. The standard InChI is InChI=1S/C10H12BF3NO.K/c12-11(13,14)9-2-1-3-10(8-9)15-4-6-16-7-5-15;/h1-3,8H,4-7H2;/q-1;+1. The quantitative estimate of drug-likeness (QED) is 0.611. The van der Waals surface area contributed by atoms with Crippen molar-refractivity contribution >= 4 is 18.1 Å². The van der Waals surface area contributed by atoms with Crippen LogP contribution in [0, 0.1) is 0 Å². The molecule has 1 fully saturated rings. The zero-order chi connectivity index (χ0) is 11.6. The van der Waals surface area contributed by atoms with Crippen LogP contribution in [0.4, 0.5) is 18.6 Å². The molecule has 0 aromatic heterocycles. The van der Waals surface area contributed by atoms with Crippen molar-refractivity contribution in [3.63, 3.8) is 0 Å². The molecule has 0 unspecified atom stereocenters. The van der Waals surface area contributed by atoms with Gasteiger partial charge in [-0.05, 0) is 6.07 Å². The summed E-state index contributed by atoms with van der Waals surface area (Å²) in [7, 11) is 0. The van der Waals surface area contributed by atoms with Gasteiger partial charge in [0.05, 0.1) is 13.2 Å². The number of benzene rings is 1. The van der Waals surface area contributed by atoms with Crippen molar-refractivity contribution in [1.29, 1.82) is 0 Å². The van der Waals surface area contributed by atoms with Gasteiger partial charge >= 0.3 is 58.4 Å². The topological polar surface area (TPSA) is 12.5 Å². The van der Waals surface area contributed by atoms with Crippen molar-refractivity contribution in [3.05, 3.63) is 24.3 Å². The third-order valence-corrected chi connectivity index (χ3v) is 2.62. The minimum Gasteiger partial charge on any atom is -0.445 e. The minimum absolute atomic E-state index is 0. The van der Waals surface area contributed by atoms with Crippen molar-refractivity contribution in [1.82, 2.24) is 0 Å². The first kappa shape index (κ1) is 15.5. The maximum Gasteiger partial charge on any atom is 1.00 e. The van der Waals surface area contributed by atoms with E-state index in [-0.39, 0.29) is 51.4 Å². The van der Waals surface area contributed by atoms with E-state index in [2.05, 4.69) is 0 Å². The fourth-order valence-electron chi connectivity index (χ4n) is 1.75. The molecule has 1 heterocycles. The molecule has 0 radical (unpaired) electrons. The molecule has 0 bridgehead atoms. The Labute approximate surface area is 141 Å². The van der Waals surface area contributed by atoms with E-state index in [0.717, 1.165) is 6.07 Å². The monoisotopic (exact) mass is 269 g/mol. The minimum atomic E-state index is -4.91. The summed E-state index contributed by atoms with van der Waals surface area (Å²) in [4.78, 5) is 1.91. The Hall–Kier alpha value is 0.471. The molecule has 0 spiro atoms. The number of halogens is 3. The molecule has 0 aliphatic carbocycles. The first-order valence-electron chi connectivity index (χ1n) is 5.20. The summed E-state index contributed by atoms with van der Waals surface area (Å²) < 4.78 is 42.8. The molecule has 0 N–H and O–H groups in total. The van der Waals surface area contributed by atoms with E-state index in [4.69, 9.17) is 4.74 Å². The van der Waals surface area contributed by atoms with Gasteiger partial charge in [0.25, 0.3) is 0 Å². The molecule has 17 heavy (non-hydrogen) atoms. The van der Waals surface area contributed by atoms with Gasteiger partial charge in [0, 0.05) is 18.8 Å². The van der Waals surface area contributed by atoms with Crippen molar-refractivity contribution in [2.24, 2.45) is 0 Å². The fourth-order valence-corrected chi connectivity index (χ4v) is 1.75. The second-order valence-electron chi connectivity index (χ2n) is 3.77. The molecule has 1 aliphatic rings. The number of rotatable bonds is 2. The molecule has 7 heteroatoms. The van der Waals surface area contributed by atoms with Crippen molar-refractivity contribution in [2.45, 2.75) is 0 Å². The van der Waals surface area contributed by atoms with Gasteiger partial charge in [-0.25, -0.2) is 0 Å². The molecule has 1 aliphatic heterocycles. The van der Waals surface area contributed by atoms with Crippen molar-refractivity contribution < 1.29 is 69.1 Å². The molecule has 0 saturated carbocycles. The number of morpholine rings is 1. The van der Waals surface area contributed by atoms with Gasteiger partial charge in [-0.1, -0.05) is 18.2 Å². The van der Waals surface area contributed by atoms with Crippen LogP contribution in [0.2, 0.25) is 0 Å². The molecular weight excluding hydrogens is 257 g/mol. The zero-order valence-corrected chi connectivity index (χ0v) is 12.8. The van der Waals surface area contributed by atoms with Gasteiger partial charge in [-0.2, -0.15) is 0 Å². The van der Waals surface area contributed by atoms with Crippen LogP contribution in [0.3, 0.4) is 0 Å². The molecule has 1 aromatic carbocycles. The van der Waals surface area contributed by atoms with Crippen LogP contribution in [-0.4, -0.2) is 33.3 Å². The van der Waals surface area contributed by atoms with Crippen LogP contribution in [0.5, 0.6) is 0 Å². The van der Waals surface area contributed by atoms with Gasteiger partial charge in [0.15, 0.2) is 0 Å². The molecule has 1 saturated heterocycles. The molecule has 2 nitrogen and oxygen atoms in total. The Morgan fingerprint density at radius 1 is 1.12 bits per heavy atom. The Balaban J connectivity index is 0.00000144. The van der Waals surface area contributed by atoms with E-state index in [0.29, 0.717) is 32.0 Å². The van der Waals surface area contributed by atoms with E-state index >= 15 is 0 Å². The van der Waals surface area contributed by atoms with E-state index < -0.39 is 12.4 Å². The smallest absolute Gasteiger partial charge is 0.445 e. The first-order chi connectivity index (χ1) is 7.57. The van der Waals surface area contributed by atoms with Gasteiger partial charge in [-0.15, -0.1) is 5.46 Å². The average Bonchev–Trinajstić information content (AvgIpc) is 2.29. The van der Waals surface area contributed by atoms with E-state index in [1.807, 2.05) is 4.90 Å². The van der Waals surface area contributed by atoms with Crippen molar-refractivity contribution in [3.8, 4) is 0 Å². The van der Waals surface area contributed by atoms with Crippen LogP contribution in [0.15, 0.2) is 24.3 Å². The summed E-state index contributed by atoms with van der Waals surface area (Å²) in [6.45, 7) is -2.47. The van der Waals surface area contributed by atoms with Crippen LogP contribution in [0.1, 0.15) is 0 Å². The average molecular weight is 269 g/mol. The number of hydrogen-bond acceptors (Lipinski definition) is 2. The molecule has 88 valence electrons. The van der Waals surface area contributed by atoms with Gasteiger partial charge < -0.3 is 22.6 Å². The molecule has 2 rings (SSSR count). The second kappa shape index (κ2) is 6.58. The van der Waals surface area contributed by atoms with E-state index in [1.165, 1.54) is 12.1 Å². The molecule has 0 atom stereocenters. The fraction of sp³-hybridized carbons (Fsp3) is 0.400. The van der Waals surface area contributed by atoms with Crippen LogP contribution in [-0.2, 0) is 4.74 Å². The number of anilines is 1. The summed E-state index contributed by atoms with van der Waals surface area (Å²) in [5, 5.41) is 0. The summed E-state index contributed by atoms with van der Waals surface area (Å²) in [6, 6.07) is 5.49. The first-order valence-corrected chi connectivity index (χ1v) is 5.20. The third kappa shape index (κ3) is 4.26.